The number of thiocarbonyl (C=S) groups is 1. The van der Waals surface area contributed by atoms with E-state index in [-0.39, 0.29) is 0 Å². The first-order valence-electron chi connectivity index (χ1n) is 8.15. The zero-order chi connectivity index (χ0) is 18.2. The average molecular weight is 396 g/mol. The van der Waals surface area contributed by atoms with Crippen LogP contribution in [-0.2, 0) is 6.54 Å². The molecule has 2 aromatic rings. The first-order valence-corrected chi connectivity index (χ1v) is 9.32. The molecule has 0 atom stereocenters. The number of benzene rings is 2. The molecule has 2 rings (SSSR count). The van der Waals surface area contributed by atoms with Crippen LogP contribution < -0.4 is 5.32 Å². The van der Waals surface area contributed by atoms with E-state index in [2.05, 4.69) is 41.3 Å². The molecule has 2 aromatic carbocycles. The van der Waals surface area contributed by atoms with Gasteiger partial charge in [0, 0.05) is 18.8 Å². The molecule has 0 spiro atoms. The Labute approximate surface area is 165 Å². The molecule has 1 N–H and O–H groups in total. The lowest BCUT2D eigenvalue weighted by Gasteiger charge is -2.27. The van der Waals surface area contributed by atoms with Gasteiger partial charge in [-0.05, 0) is 63.0 Å². The third-order valence-corrected chi connectivity index (χ3v) is 4.81. The molecule has 0 saturated heterocycles. The first kappa shape index (κ1) is 20.0. The predicted molar refractivity (Wildman–Crippen MR) is 113 cm³/mol. The SMILES string of the molecule is CN(C)CCCN(Cc1ccccc1)C(=S)Nc1ccc(Cl)c(Cl)c1. The van der Waals surface area contributed by atoms with Crippen LogP contribution in [0.25, 0.3) is 0 Å². The molecular weight excluding hydrogens is 373 g/mol. The summed E-state index contributed by atoms with van der Waals surface area (Å²) in [6.07, 6.45) is 1.03. The van der Waals surface area contributed by atoms with Gasteiger partial charge in [-0.3, -0.25) is 0 Å². The van der Waals surface area contributed by atoms with Gasteiger partial charge in [-0.25, -0.2) is 0 Å². The van der Waals surface area contributed by atoms with Crippen molar-refractivity contribution in [1.82, 2.24) is 9.80 Å². The second-order valence-electron chi connectivity index (χ2n) is 6.12. The summed E-state index contributed by atoms with van der Waals surface area (Å²) in [5, 5.41) is 4.99. The molecule has 0 aliphatic rings. The summed E-state index contributed by atoms with van der Waals surface area (Å²) in [5.41, 5.74) is 2.07. The average Bonchev–Trinajstić information content (AvgIpc) is 2.58. The lowest BCUT2D eigenvalue weighted by molar-refractivity contribution is 0.346. The maximum atomic E-state index is 6.09. The van der Waals surface area contributed by atoms with E-state index >= 15 is 0 Å². The zero-order valence-corrected chi connectivity index (χ0v) is 16.8. The Kier molecular flexibility index (Phi) is 7.97. The minimum absolute atomic E-state index is 0.511. The van der Waals surface area contributed by atoms with Gasteiger partial charge in [0.25, 0.3) is 0 Å². The number of nitrogens with one attached hydrogen (secondary N) is 1. The minimum atomic E-state index is 0.511. The van der Waals surface area contributed by atoms with Gasteiger partial charge in [0.1, 0.15) is 0 Å². The van der Waals surface area contributed by atoms with Crippen LogP contribution in [0.5, 0.6) is 0 Å². The number of hydrogen-bond donors (Lipinski definition) is 1. The monoisotopic (exact) mass is 395 g/mol. The first-order chi connectivity index (χ1) is 12.0. The van der Waals surface area contributed by atoms with Crippen molar-refractivity contribution in [2.75, 3.05) is 32.5 Å². The third-order valence-electron chi connectivity index (χ3n) is 3.71. The molecule has 0 saturated carbocycles. The van der Waals surface area contributed by atoms with E-state index in [0.29, 0.717) is 15.2 Å². The molecule has 0 amide bonds. The predicted octanol–water partition coefficient (Wildman–Crippen LogP) is 5.14. The summed E-state index contributed by atoms with van der Waals surface area (Å²) in [6.45, 7) is 2.66. The van der Waals surface area contributed by atoms with Crippen LogP contribution in [0.15, 0.2) is 48.5 Å². The standard InChI is InChI=1S/C19H23Cl2N3S/c1-23(2)11-6-12-24(14-15-7-4-3-5-8-15)19(25)22-16-9-10-17(20)18(21)13-16/h3-5,7-10,13H,6,11-12,14H2,1-2H3,(H,22,25). The van der Waals surface area contributed by atoms with E-state index in [0.717, 1.165) is 31.7 Å². The van der Waals surface area contributed by atoms with Crippen LogP contribution in [0.2, 0.25) is 10.0 Å². The van der Waals surface area contributed by atoms with E-state index in [1.54, 1.807) is 12.1 Å². The highest BCUT2D eigenvalue weighted by molar-refractivity contribution is 7.80. The van der Waals surface area contributed by atoms with E-state index in [4.69, 9.17) is 35.4 Å². The fourth-order valence-corrected chi connectivity index (χ4v) is 2.98. The number of halogens is 2. The summed E-state index contributed by atoms with van der Waals surface area (Å²) < 4.78 is 0. The van der Waals surface area contributed by atoms with Crippen molar-refractivity contribution < 1.29 is 0 Å². The molecule has 0 unspecified atom stereocenters. The lowest BCUT2D eigenvalue weighted by atomic mass is 10.2. The van der Waals surface area contributed by atoms with Crippen molar-refractivity contribution in [1.29, 1.82) is 0 Å². The van der Waals surface area contributed by atoms with Gasteiger partial charge in [-0.1, -0.05) is 53.5 Å². The van der Waals surface area contributed by atoms with Crippen LogP contribution in [0, 0.1) is 0 Å². The van der Waals surface area contributed by atoms with Gasteiger partial charge < -0.3 is 15.1 Å². The van der Waals surface area contributed by atoms with E-state index in [9.17, 15) is 0 Å². The lowest BCUT2D eigenvalue weighted by Crippen LogP contribution is -2.36. The van der Waals surface area contributed by atoms with Crippen LogP contribution in [0.4, 0.5) is 5.69 Å². The van der Waals surface area contributed by atoms with Gasteiger partial charge >= 0.3 is 0 Å². The Morgan fingerprint density at radius 1 is 1.00 bits per heavy atom. The van der Waals surface area contributed by atoms with Crippen molar-refractivity contribution in [3.8, 4) is 0 Å². The smallest absolute Gasteiger partial charge is 0.173 e. The van der Waals surface area contributed by atoms with Crippen LogP contribution in [0.3, 0.4) is 0 Å². The number of hydrogen-bond acceptors (Lipinski definition) is 2. The fourth-order valence-electron chi connectivity index (χ4n) is 2.41. The molecular formula is C19H23Cl2N3S. The molecule has 6 heteroatoms. The highest BCUT2D eigenvalue weighted by atomic mass is 35.5. The largest absolute Gasteiger partial charge is 0.345 e. The molecule has 0 aromatic heterocycles. The zero-order valence-electron chi connectivity index (χ0n) is 14.5. The van der Waals surface area contributed by atoms with Gasteiger partial charge in [0.05, 0.1) is 10.0 Å². The number of anilines is 1. The summed E-state index contributed by atoms with van der Waals surface area (Å²) in [5.74, 6) is 0. The van der Waals surface area contributed by atoms with Crippen molar-refractivity contribution in [3.05, 3.63) is 64.1 Å². The van der Waals surface area contributed by atoms with E-state index in [1.807, 2.05) is 24.3 Å². The van der Waals surface area contributed by atoms with E-state index < -0.39 is 0 Å². The molecule has 134 valence electrons. The molecule has 0 radical (unpaired) electrons. The molecule has 0 fully saturated rings. The summed E-state index contributed by atoms with van der Waals surface area (Å²) in [6, 6.07) is 15.8. The number of rotatable bonds is 7. The van der Waals surface area contributed by atoms with Gasteiger partial charge in [0.2, 0.25) is 0 Å². The minimum Gasteiger partial charge on any atom is -0.345 e. The van der Waals surface area contributed by atoms with Crippen LogP contribution in [-0.4, -0.2) is 42.1 Å². The van der Waals surface area contributed by atoms with E-state index in [1.165, 1.54) is 5.56 Å². The van der Waals surface area contributed by atoms with Gasteiger partial charge in [0.15, 0.2) is 5.11 Å². The molecule has 3 nitrogen and oxygen atoms in total. The van der Waals surface area contributed by atoms with Crippen LogP contribution in [0.1, 0.15) is 12.0 Å². The molecule has 0 bridgehead atoms. The molecule has 0 aliphatic heterocycles. The Morgan fingerprint density at radius 2 is 1.72 bits per heavy atom. The quantitative estimate of drug-likeness (QED) is 0.653. The second-order valence-corrected chi connectivity index (χ2v) is 7.32. The highest BCUT2D eigenvalue weighted by Gasteiger charge is 2.11. The summed E-state index contributed by atoms with van der Waals surface area (Å²) >= 11 is 17.7. The van der Waals surface area contributed by atoms with Crippen LogP contribution >= 0.6 is 35.4 Å². The van der Waals surface area contributed by atoms with Gasteiger partial charge in [-0.15, -0.1) is 0 Å². The Bertz CT molecular complexity index is 692. The topological polar surface area (TPSA) is 18.5 Å². The highest BCUT2D eigenvalue weighted by Crippen LogP contribution is 2.25. The summed E-state index contributed by atoms with van der Waals surface area (Å²) in [4.78, 5) is 4.35. The normalized spacial score (nSPS) is 10.8. The van der Waals surface area contributed by atoms with Crippen molar-refractivity contribution in [3.63, 3.8) is 0 Å². The van der Waals surface area contributed by atoms with Crippen molar-refractivity contribution in [2.45, 2.75) is 13.0 Å². The second kappa shape index (κ2) is 9.97. The van der Waals surface area contributed by atoms with Gasteiger partial charge in [-0.2, -0.15) is 0 Å². The third kappa shape index (κ3) is 6.83. The maximum Gasteiger partial charge on any atom is 0.173 e. The summed E-state index contributed by atoms with van der Waals surface area (Å²) in [7, 11) is 4.15. The number of nitrogens with zero attached hydrogens (tertiary/aromatic N) is 2. The molecule has 0 heterocycles. The Hall–Kier alpha value is -1.33. The Morgan fingerprint density at radius 3 is 2.36 bits per heavy atom. The fraction of sp³-hybridized carbons (Fsp3) is 0.316. The molecule has 25 heavy (non-hydrogen) atoms. The Balaban J connectivity index is 2.06. The van der Waals surface area contributed by atoms with Crippen molar-refractivity contribution >= 4 is 46.2 Å². The maximum absolute atomic E-state index is 6.09. The molecule has 0 aliphatic carbocycles. The van der Waals surface area contributed by atoms with Crippen molar-refractivity contribution in [2.24, 2.45) is 0 Å².